The zero-order chi connectivity index (χ0) is 19.4. The highest BCUT2D eigenvalue weighted by Crippen LogP contribution is 2.35. The highest BCUT2D eigenvalue weighted by Gasteiger charge is 2.15. The zero-order valence-electron chi connectivity index (χ0n) is 15.8. The average molecular weight is 391 g/mol. The van der Waals surface area contributed by atoms with E-state index in [9.17, 15) is 8.42 Å². The molecule has 0 saturated carbocycles. The van der Waals surface area contributed by atoms with Crippen LogP contribution in [-0.4, -0.2) is 46.6 Å². The Bertz CT molecular complexity index is 880. The first-order chi connectivity index (χ1) is 12.8. The molecule has 0 amide bonds. The van der Waals surface area contributed by atoms with Crippen LogP contribution in [-0.2, 0) is 9.84 Å². The summed E-state index contributed by atoms with van der Waals surface area (Å²) in [5.74, 6) is 2.24. The Morgan fingerprint density at radius 2 is 1.81 bits per heavy atom. The zero-order valence-corrected chi connectivity index (χ0v) is 16.7. The van der Waals surface area contributed by atoms with Crippen molar-refractivity contribution in [2.75, 3.05) is 33.2 Å². The number of hydrogen-bond acceptors (Lipinski definition) is 6. The minimum atomic E-state index is -3.16. The van der Waals surface area contributed by atoms with E-state index < -0.39 is 9.84 Å². The van der Waals surface area contributed by atoms with Crippen LogP contribution in [0.5, 0.6) is 17.2 Å². The summed E-state index contributed by atoms with van der Waals surface area (Å²) in [6.45, 7) is 3.82. The Balaban J connectivity index is 1.46. The van der Waals surface area contributed by atoms with Crippen molar-refractivity contribution in [2.45, 2.75) is 24.3 Å². The van der Waals surface area contributed by atoms with E-state index in [1.807, 2.05) is 30.3 Å². The van der Waals surface area contributed by atoms with Gasteiger partial charge in [0.2, 0.25) is 6.79 Å². The number of fused-ring (bicyclic) bond motifs is 1. The summed E-state index contributed by atoms with van der Waals surface area (Å²) in [7, 11) is -1.11. The first kappa shape index (κ1) is 19.5. The van der Waals surface area contributed by atoms with Crippen molar-refractivity contribution in [1.29, 1.82) is 0 Å². The smallest absolute Gasteiger partial charge is 0.231 e. The Morgan fingerprint density at radius 3 is 2.52 bits per heavy atom. The van der Waals surface area contributed by atoms with E-state index in [1.54, 1.807) is 12.1 Å². The van der Waals surface area contributed by atoms with Gasteiger partial charge in [-0.25, -0.2) is 8.42 Å². The highest BCUT2D eigenvalue weighted by molar-refractivity contribution is 7.90. The molecule has 2 aromatic rings. The minimum Gasteiger partial charge on any atom is -0.493 e. The Hall–Kier alpha value is -2.25. The molecule has 0 spiro atoms. The predicted octanol–water partition coefficient (Wildman–Crippen LogP) is 3.28. The second-order valence-electron chi connectivity index (χ2n) is 6.71. The average Bonchev–Trinajstić information content (AvgIpc) is 3.11. The largest absolute Gasteiger partial charge is 0.493 e. The van der Waals surface area contributed by atoms with Crippen molar-refractivity contribution < 1.29 is 22.6 Å². The molecule has 0 bridgehead atoms. The van der Waals surface area contributed by atoms with Gasteiger partial charge in [0, 0.05) is 24.9 Å². The molecule has 1 heterocycles. The van der Waals surface area contributed by atoms with E-state index in [0.29, 0.717) is 11.5 Å². The third kappa shape index (κ3) is 4.93. The second-order valence-corrected chi connectivity index (χ2v) is 8.73. The van der Waals surface area contributed by atoms with Gasteiger partial charge in [-0.2, -0.15) is 0 Å². The molecule has 0 radical (unpaired) electrons. The molecule has 1 unspecified atom stereocenters. The Labute approximate surface area is 160 Å². The normalized spacial score (nSPS) is 14.4. The summed E-state index contributed by atoms with van der Waals surface area (Å²) in [6.07, 6.45) is 2.09. The minimum absolute atomic E-state index is 0.184. The van der Waals surface area contributed by atoms with Gasteiger partial charge in [-0.3, -0.25) is 4.90 Å². The Kier molecular flexibility index (Phi) is 5.92. The maximum atomic E-state index is 11.6. The van der Waals surface area contributed by atoms with E-state index in [2.05, 4.69) is 18.9 Å². The van der Waals surface area contributed by atoms with E-state index >= 15 is 0 Å². The van der Waals surface area contributed by atoms with Gasteiger partial charge in [0.1, 0.15) is 5.75 Å². The molecule has 0 saturated heterocycles. The van der Waals surface area contributed by atoms with Gasteiger partial charge < -0.3 is 14.2 Å². The molecule has 0 N–H and O–H groups in total. The summed E-state index contributed by atoms with van der Waals surface area (Å²) in [5, 5.41) is 0. The van der Waals surface area contributed by atoms with Gasteiger partial charge in [-0.05, 0) is 50.2 Å². The van der Waals surface area contributed by atoms with Gasteiger partial charge in [-0.1, -0.05) is 12.1 Å². The number of benzene rings is 2. The molecule has 0 fully saturated rings. The van der Waals surface area contributed by atoms with Crippen LogP contribution in [0.25, 0.3) is 0 Å². The number of ether oxygens (including phenoxy) is 3. The van der Waals surface area contributed by atoms with Crippen LogP contribution in [0, 0.1) is 0 Å². The fourth-order valence-corrected chi connectivity index (χ4v) is 3.54. The molecular formula is C20H25NO5S. The van der Waals surface area contributed by atoms with Crippen LogP contribution in [0.2, 0.25) is 0 Å². The van der Waals surface area contributed by atoms with Crippen molar-refractivity contribution >= 4 is 9.84 Å². The summed E-state index contributed by atoms with van der Waals surface area (Å²) >= 11 is 0. The van der Waals surface area contributed by atoms with Gasteiger partial charge in [0.15, 0.2) is 21.3 Å². The molecule has 0 aliphatic carbocycles. The maximum absolute atomic E-state index is 11.6. The van der Waals surface area contributed by atoms with Gasteiger partial charge in [0.25, 0.3) is 0 Å². The molecule has 2 aromatic carbocycles. The molecule has 1 atom stereocenters. The van der Waals surface area contributed by atoms with Crippen LogP contribution in [0.3, 0.4) is 0 Å². The van der Waals surface area contributed by atoms with Crippen molar-refractivity contribution in [1.82, 2.24) is 4.90 Å². The standard InChI is InChI=1S/C20H25NO5S/c1-15(16-5-8-18(9-6-16)27(3,22)23)21(2)11-4-12-24-17-7-10-19-20(13-17)26-14-25-19/h5-10,13,15H,4,11-12,14H2,1-3H3. The van der Waals surface area contributed by atoms with Crippen LogP contribution in [0.15, 0.2) is 47.4 Å². The van der Waals surface area contributed by atoms with Crippen LogP contribution in [0.1, 0.15) is 24.9 Å². The lowest BCUT2D eigenvalue weighted by Gasteiger charge is -2.25. The summed E-state index contributed by atoms with van der Waals surface area (Å²) in [6, 6.07) is 12.8. The lowest BCUT2D eigenvalue weighted by molar-refractivity contribution is 0.173. The quantitative estimate of drug-likeness (QED) is 0.644. The fraction of sp³-hybridized carbons (Fsp3) is 0.400. The molecule has 1 aliphatic rings. The lowest BCUT2D eigenvalue weighted by atomic mass is 10.1. The monoisotopic (exact) mass is 391 g/mol. The predicted molar refractivity (Wildman–Crippen MR) is 103 cm³/mol. The number of nitrogens with zero attached hydrogens (tertiary/aromatic N) is 1. The topological polar surface area (TPSA) is 65.1 Å². The molecule has 6 nitrogen and oxygen atoms in total. The second kappa shape index (κ2) is 8.19. The molecule has 1 aliphatic heterocycles. The molecule has 146 valence electrons. The first-order valence-electron chi connectivity index (χ1n) is 8.87. The fourth-order valence-electron chi connectivity index (χ4n) is 2.91. The van der Waals surface area contributed by atoms with E-state index in [-0.39, 0.29) is 12.8 Å². The van der Waals surface area contributed by atoms with Crippen molar-refractivity contribution in [3.05, 3.63) is 48.0 Å². The summed E-state index contributed by atoms with van der Waals surface area (Å²) < 4.78 is 39.5. The number of sulfone groups is 1. The van der Waals surface area contributed by atoms with Crippen molar-refractivity contribution in [2.24, 2.45) is 0 Å². The molecular weight excluding hydrogens is 366 g/mol. The van der Waals surface area contributed by atoms with E-state index in [4.69, 9.17) is 14.2 Å². The number of hydrogen-bond donors (Lipinski definition) is 0. The summed E-state index contributed by atoms with van der Waals surface area (Å²) in [5.41, 5.74) is 1.08. The van der Waals surface area contributed by atoms with Crippen LogP contribution >= 0.6 is 0 Å². The van der Waals surface area contributed by atoms with Gasteiger partial charge in [0.05, 0.1) is 11.5 Å². The van der Waals surface area contributed by atoms with Crippen LogP contribution in [0.4, 0.5) is 0 Å². The molecule has 7 heteroatoms. The third-order valence-electron chi connectivity index (χ3n) is 4.72. The summed E-state index contributed by atoms with van der Waals surface area (Å²) in [4.78, 5) is 2.57. The third-order valence-corrected chi connectivity index (χ3v) is 5.85. The maximum Gasteiger partial charge on any atom is 0.231 e. The Morgan fingerprint density at radius 1 is 1.11 bits per heavy atom. The SMILES string of the molecule is CC(c1ccc(S(C)(=O)=O)cc1)N(C)CCCOc1ccc2c(c1)OCO2. The van der Waals surface area contributed by atoms with E-state index in [1.165, 1.54) is 6.26 Å². The van der Waals surface area contributed by atoms with E-state index in [0.717, 1.165) is 35.8 Å². The lowest BCUT2D eigenvalue weighted by Crippen LogP contribution is -2.24. The van der Waals surface area contributed by atoms with Gasteiger partial charge in [-0.15, -0.1) is 0 Å². The molecule has 3 rings (SSSR count). The molecule has 0 aromatic heterocycles. The van der Waals surface area contributed by atoms with Crippen molar-refractivity contribution in [3.63, 3.8) is 0 Å². The van der Waals surface area contributed by atoms with Gasteiger partial charge >= 0.3 is 0 Å². The van der Waals surface area contributed by atoms with Crippen molar-refractivity contribution in [3.8, 4) is 17.2 Å². The highest BCUT2D eigenvalue weighted by atomic mass is 32.2. The first-order valence-corrected chi connectivity index (χ1v) is 10.8. The van der Waals surface area contributed by atoms with Crippen LogP contribution < -0.4 is 14.2 Å². The molecule has 27 heavy (non-hydrogen) atoms. The number of rotatable bonds is 8.